The average molecular weight is 270 g/mol. The summed E-state index contributed by atoms with van der Waals surface area (Å²) in [5.74, 6) is -1.06. The molecule has 0 unspecified atom stereocenters. The van der Waals surface area contributed by atoms with Crippen molar-refractivity contribution in [2.45, 2.75) is 0 Å². The Labute approximate surface area is 116 Å². The molecule has 0 aliphatic rings. The van der Waals surface area contributed by atoms with Gasteiger partial charge in [0.15, 0.2) is 0 Å². The summed E-state index contributed by atoms with van der Waals surface area (Å²) >= 11 is 0. The minimum Gasteiger partial charge on any atom is -0.475 e. The zero-order valence-electron chi connectivity index (χ0n) is 10.6. The van der Waals surface area contributed by atoms with E-state index in [9.17, 15) is 4.79 Å². The molecular formula is C14H14N4O2. The highest BCUT2D eigenvalue weighted by Gasteiger charge is 2.00. The number of carboxylic acid groups (broad SMARTS) is 1. The summed E-state index contributed by atoms with van der Waals surface area (Å²) in [4.78, 5) is 23.4. The first-order chi connectivity index (χ1) is 9.80. The van der Waals surface area contributed by atoms with Gasteiger partial charge in [-0.25, -0.2) is 9.78 Å². The summed E-state index contributed by atoms with van der Waals surface area (Å²) in [5, 5.41) is 8.18. The minimum absolute atomic E-state index is 0.0231. The number of hydrogen-bond acceptors (Lipinski definition) is 4. The van der Waals surface area contributed by atoms with Crippen molar-refractivity contribution in [1.82, 2.24) is 19.9 Å². The molecule has 0 amide bonds. The lowest BCUT2D eigenvalue weighted by atomic mass is 10.5. The number of carbonyl (C=O) groups is 1. The molecule has 2 N–H and O–H groups in total. The van der Waals surface area contributed by atoms with Gasteiger partial charge in [0.1, 0.15) is 0 Å². The maximum atomic E-state index is 9.97. The largest absolute Gasteiger partial charge is 0.475 e. The number of aromatic amines is 1. The maximum absolute atomic E-state index is 9.97. The van der Waals surface area contributed by atoms with E-state index in [0.717, 1.165) is 0 Å². The molecule has 0 atom stereocenters. The molecule has 3 aromatic heterocycles. The van der Waals surface area contributed by atoms with Crippen molar-refractivity contribution in [3.05, 3.63) is 79.4 Å². The van der Waals surface area contributed by atoms with Crippen LogP contribution in [0.3, 0.4) is 0 Å². The van der Waals surface area contributed by atoms with Crippen molar-refractivity contribution in [2.75, 3.05) is 0 Å². The van der Waals surface area contributed by atoms with Gasteiger partial charge in [0.2, 0.25) is 5.82 Å². The van der Waals surface area contributed by atoms with Gasteiger partial charge in [0.25, 0.3) is 0 Å². The first kappa shape index (κ1) is 15.0. The summed E-state index contributed by atoms with van der Waals surface area (Å²) in [6.45, 7) is 0. The summed E-state index contributed by atoms with van der Waals surface area (Å²) in [6.07, 6.45) is 9.85. The van der Waals surface area contributed by atoms with Gasteiger partial charge in [-0.2, -0.15) is 0 Å². The third-order valence-corrected chi connectivity index (χ3v) is 1.83. The van der Waals surface area contributed by atoms with Gasteiger partial charge >= 0.3 is 5.97 Å². The average Bonchev–Trinajstić information content (AvgIpc) is 3.07. The van der Waals surface area contributed by atoms with Crippen molar-refractivity contribution in [2.24, 2.45) is 0 Å². The zero-order valence-corrected chi connectivity index (χ0v) is 10.6. The molecule has 0 aromatic carbocycles. The summed E-state index contributed by atoms with van der Waals surface area (Å²) in [5.41, 5.74) is 0. The Morgan fingerprint density at radius 2 is 1.35 bits per heavy atom. The number of aromatic nitrogens is 4. The van der Waals surface area contributed by atoms with Crippen LogP contribution in [0.4, 0.5) is 0 Å². The second kappa shape index (κ2) is 9.95. The molecule has 0 bridgehead atoms. The minimum atomic E-state index is -1.03. The predicted octanol–water partition coefficient (Wildman–Crippen LogP) is 2.27. The number of carboxylic acids is 1. The SMILES string of the molecule is O=C(O)c1ncc[nH]1.c1ccncc1.c1ccncc1. The molecule has 6 nitrogen and oxygen atoms in total. The van der Waals surface area contributed by atoms with Gasteiger partial charge in [-0.15, -0.1) is 0 Å². The van der Waals surface area contributed by atoms with Crippen molar-refractivity contribution in [1.29, 1.82) is 0 Å². The van der Waals surface area contributed by atoms with Crippen LogP contribution in [0, 0.1) is 0 Å². The van der Waals surface area contributed by atoms with Crippen LogP contribution in [0.1, 0.15) is 10.6 Å². The van der Waals surface area contributed by atoms with E-state index in [1.54, 1.807) is 24.8 Å². The predicted molar refractivity (Wildman–Crippen MR) is 74.0 cm³/mol. The normalized spacial score (nSPS) is 8.40. The van der Waals surface area contributed by atoms with Crippen LogP contribution < -0.4 is 0 Å². The number of nitrogens with one attached hydrogen (secondary N) is 1. The van der Waals surface area contributed by atoms with E-state index < -0.39 is 5.97 Å². The summed E-state index contributed by atoms with van der Waals surface area (Å²) in [6, 6.07) is 11.4. The van der Waals surface area contributed by atoms with Crippen molar-refractivity contribution in [3.63, 3.8) is 0 Å². The highest BCUT2D eigenvalue weighted by atomic mass is 16.4. The quantitative estimate of drug-likeness (QED) is 0.707. The fourth-order valence-electron chi connectivity index (χ4n) is 1.01. The Bertz CT molecular complexity index is 471. The molecule has 20 heavy (non-hydrogen) atoms. The van der Waals surface area contributed by atoms with E-state index >= 15 is 0 Å². The Morgan fingerprint density at radius 1 is 0.850 bits per heavy atom. The van der Waals surface area contributed by atoms with Crippen molar-refractivity contribution >= 4 is 5.97 Å². The third kappa shape index (κ3) is 7.33. The number of aromatic carboxylic acids is 1. The van der Waals surface area contributed by atoms with Crippen LogP contribution >= 0.6 is 0 Å². The van der Waals surface area contributed by atoms with Crippen LogP contribution in [0.5, 0.6) is 0 Å². The molecule has 0 saturated carbocycles. The topological polar surface area (TPSA) is 91.8 Å². The maximum Gasteiger partial charge on any atom is 0.371 e. The Kier molecular flexibility index (Phi) is 7.49. The number of H-pyrrole nitrogens is 1. The van der Waals surface area contributed by atoms with Gasteiger partial charge in [-0.05, 0) is 24.3 Å². The highest BCUT2D eigenvalue weighted by Crippen LogP contribution is 1.84. The second-order valence-corrected chi connectivity index (χ2v) is 3.29. The second-order valence-electron chi connectivity index (χ2n) is 3.29. The highest BCUT2D eigenvalue weighted by molar-refractivity contribution is 5.82. The number of nitrogens with zero attached hydrogens (tertiary/aromatic N) is 3. The standard InChI is InChI=1S/2C5H5N.C4H4N2O2/c2*1-2-4-6-5-3-1;7-4(8)3-5-1-2-6-3/h2*1-5H;1-2H,(H,5,6)(H,7,8). The zero-order chi connectivity index (χ0) is 14.5. The van der Waals surface area contributed by atoms with E-state index in [4.69, 9.17) is 5.11 Å². The molecule has 0 fully saturated rings. The van der Waals surface area contributed by atoms with E-state index in [-0.39, 0.29) is 5.82 Å². The van der Waals surface area contributed by atoms with Crippen molar-refractivity contribution < 1.29 is 9.90 Å². The number of imidazole rings is 1. The van der Waals surface area contributed by atoms with Gasteiger partial charge in [-0.1, -0.05) is 12.1 Å². The van der Waals surface area contributed by atoms with Gasteiger partial charge in [-0.3, -0.25) is 9.97 Å². The van der Waals surface area contributed by atoms with Gasteiger partial charge in [0.05, 0.1) is 0 Å². The molecule has 3 rings (SSSR count). The van der Waals surface area contributed by atoms with Gasteiger partial charge in [0, 0.05) is 37.2 Å². The molecular weight excluding hydrogens is 256 g/mol. The molecule has 6 heteroatoms. The van der Waals surface area contributed by atoms with Crippen molar-refractivity contribution in [3.8, 4) is 0 Å². The summed E-state index contributed by atoms with van der Waals surface area (Å²) in [7, 11) is 0. The fourth-order valence-corrected chi connectivity index (χ4v) is 1.01. The van der Waals surface area contributed by atoms with Crippen LogP contribution in [0.2, 0.25) is 0 Å². The fraction of sp³-hybridized carbons (Fsp3) is 0. The number of pyridine rings is 2. The monoisotopic (exact) mass is 270 g/mol. The molecule has 0 saturated heterocycles. The molecule has 102 valence electrons. The molecule has 3 heterocycles. The van der Waals surface area contributed by atoms with E-state index in [2.05, 4.69) is 19.9 Å². The lowest BCUT2D eigenvalue weighted by Crippen LogP contribution is -1.97. The Morgan fingerprint density at radius 3 is 1.50 bits per heavy atom. The van der Waals surface area contributed by atoms with Crippen LogP contribution in [-0.2, 0) is 0 Å². The smallest absolute Gasteiger partial charge is 0.371 e. The third-order valence-electron chi connectivity index (χ3n) is 1.83. The van der Waals surface area contributed by atoms with E-state index in [1.807, 2.05) is 36.4 Å². The van der Waals surface area contributed by atoms with E-state index in [0.29, 0.717) is 0 Å². The molecule has 0 spiro atoms. The Hall–Kier alpha value is -3.02. The molecule has 0 aliphatic heterocycles. The summed E-state index contributed by atoms with van der Waals surface area (Å²) < 4.78 is 0. The van der Waals surface area contributed by atoms with Gasteiger partial charge < -0.3 is 10.1 Å². The first-order valence-electron chi connectivity index (χ1n) is 5.73. The lowest BCUT2D eigenvalue weighted by molar-refractivity contribution is 0.0685. The first-order valence-corrected chi connectivity index (χ1v) is 5.73. The molecule has 0 aliphatic carbocycles. The lowest BCUT2D eigenvalue weighted by Gasteiger charge is -1.79. The molecule has 0 radical (unpaired) electrons. The number of rotatable bonds is 1. The number of hydrogen-bond donors (Lipinski definition) is 2. The molecule has 3 aromatic rings. The van der Waals surface area contributed by atoms with Crippen LogP contribution in [0.25, 0.3) is 0 Å². The van der Waals surface area contributed by atoms with Crippen LogP contribution in [-0.4, -0.2) is 31.0 Å². The van der Waals surface area contributed by atoms with E-state index in [1.165, 1.54) is 12.4 Å². The Balaban J connectivity index is 0.000000152. The van der Waals surface area contributed by atoms with Crippen LogP contribution in [0.15, 0.2) is 73.6 Å².